The van der Waals surface area contributed by atoms with E-state index in [2.05, 4.69) is 4.98 Å². The van der Waals surface area contributed by atoms with Gasteiger partial charge >= 0.3 is 12.1 Å². The Morgan fingerprint density at radius 2 is 1.96 bits per heavy atom. The van der Waals surface area contributed by atoms with Gasteiger partial charge in [-0.25, -0.2) is 4.79 Å². The van der Waals surface area contributed by atoms with E-state index >= 15 is 0 Å². The minimum absolute atomic E-state index is 0.0503. The van der Waals surface area contributed by atoms with Gasteiger partial charge in [-0.2, -0.15) is 13.2 Å². The van der Waals surface area contributed by atoms with Gasteiger partial charge in [0.25, 0.3) is 5.56 Å². The van der Waals surface area contributed by atoms with Crippen LogP contribution in [0.1, 0.15) is 18.2 Å². The van der Waals surface area contributed by atoms with E-state index in [1.165, 1.54) is 28.7 Å². The number of hydrogen-bond donors (Lipinski definition) is 1. The van der Waals surface area contributed by atoms with E-state index in [-0.39, 0.29) is 17.6 Å². The van der Waals surface area contributed by atoms with Crippen LogP contribution in [-0.2, 0) is 15.7 Å². The molecule has 1 aromatic carbocycles. The van der Waals surface area contributed by atoms with E-state index in [1.54, 1.807) is 13.0 Å². The van der Waals surface area contributed by atoms with E-state index < -0.39 is 23.3 Å². The molecule has 0 aliphatic rings. The number of nitrogens with one attached hydrogen (secondary N) is 1. The average Bonchev–Trinajstić information content (AvgIpc) is 2.97. The lowest BCUT2D eigenvalue weighted by Crippen LogP contribution is -2.12. The Labute approximate surface area is 139 Å². The number of alkyl halides is 3. The number of halogens is 3. The Bertz CT molecular complexity index is 1040. The van der Waals surface area contributed by atoms with Crippen molar-refractivity contribution in [2.45, 2.75) is 13.1 Å². The molecule has 2 aromatic heterocycles. The zero-order valence-corrected chi connectivity index (χ0v) is 13.1. The molecule has 0 spiro atoms. The molecule has 0 unspecified atom stereocenters. The zero-order chi connectivity index (χ0) is 18.2. The van der Waals surface area contributed by atoms with Crippen molar-refractivity contribution >= 4 is 28.6 Å². The maximum absolute atomic E-state index is 12.9. The van der Waals surface area contributed by atoms with E-state index in [0.717, 1.165) is 12.1 Å². The fraction of sp³-hybridized carbons (Fsp3) is 0.176. The Morgan fingerprint density at radius 3 is 2.64 bits per heavy atom. The van der Waals surface area contributed by atoms with Crippen molar-refractivity contribution in [1.29, 1.82) is 0 Å². The molecule has 0 fully saturated rings. The molecule has 0 aliphatic heterocycles. The van der Waals surface area contributed by atoms with Gasteiger partial charge in [-0.1, -0.05) is 0 Å². The first-order valence-electron chi connectivity index (χ1n) is 7.41. The lowest BCUT2D eigenvalue weighted by molar-refractivity contribution is -0.138. The molecular formula is C17H13F3N2O3. The molecule has 0 radical (unpaired) electrons. The highest BCUT2D eigenvalue weighted by Gasteiger charge is 2.30. The number of nitrogens with zero attached hydrogens (tertiary/aromatic N) is 1. The smallest absolute Gasteiger partial charge is 0.416 e. The van der Waals surface area contributed by atoms with Crippen LogP contribution in [0.15, 0.2) is 41.2 Å². The molecule has 3 rings (SSSR count). The lowest BCUT2D eigenvalue weighted by atomic mass is 10.2. The summed E-state index contributed by atoms with van der Waals surface area (Å²) in [6, 6.07) is 6.23. The lowest BCUT2D eigenvalue weighted by Gasteiger charge is -2.10. The van der Waals surface area contributed by atoms with Gasteiger partial charge in [0.2, 0.25) is 0 Å². The Balaban J connectivity index is 2.21. The Morgan fingerprint density at radius 1 is 1.24 bits per heavy atom. The number of benzene rings is 1. The van der Waals surface area contributed by atoms with Gasteiger partial charge in [0, 0.05) is 11.8 Å². The third-order valence-electron chi connectivity index (χ3n) is 3.63. The third kappa shape index (κ3) is 3.15. The summed E-state index contributed by atoms with van der Waals surface area (Å²) in [7, 11) is 0. The molecule has 8 heteroatoms. The van der Waals surface area contributed by atoms with Crippen LogP contribution >= 0.6 is 0 Å². The molecule has 0 bridgehead atoms. The largest absolute Gasteiger partial charge is 0.463 e. The van der Waals surface area contributed by atoms with Crippen molar-refractivity contribution in [3.8, 4) is 0 Å². The van der Waals surface area contributed by atoms with E-state index in [1.807, 2.05) is 0 Å². The van der Waals surface area contributed by atoms with Crippen molar-refractivity contribution in [1.82, 2.24) is 9.38 Å². The highest BCUT2D eigenvalue weighted by Crippen LogP contribution is 2.31. The summed E-state index contributed by atoms with van der Waals surface area (Å²) in [6.45, 7) is 1.89. The second kappa shape index (κ2) is 6.12. The monoisotopic (exact) mass is 350 g/mol. The first-order chi connectivity index (χ1) is 11.8. The Kier molecular flexibility index (Phi) is 4.12. The second-order valence-electron chi connectivity index (χ2n) is 5.25. The number of hydrogen-bond acceptors (Lipinski definition) is 3. The van der Waals surface area contributed by atoms with Gasteiger partial charge in [0.1, 0.15) is 5.52 Å². The quantitative estimate of drug-likeness (QED) is 0.582. The van der Waals surface area contributed by atoms with Crippen molar-refractivity contribution in [3.05, 3.63) is 58.0 Å². The fourth-order valence-corrected chi connectivity index (χ4v) is 2.57. The SMILES string of the molecule is CCOC(=O)/C=C/c1ccc2c(=O)[nH]c3cc(C(F)(F)F)ccc3n12. The summed E-state index contributed by atoms with van der Waals surface area (Å²) in [4.78, 5) is 26.0. The summed E-state index contributed by atoms with van der Waals surface area (Å²) < 4.78 is 44.9. The zero-order valence-electron chi connectivity index (χ0n) is 13.1. The highest BCUT2D eigenvalue weighted by molar-refractivity contribution is 5.88. The number of carbonyl (C=O) groups excluding carboxylic acids is 1. The van der Waals surface area contributed by atoms with Gasteiger partial charge in [-0.05, 0) is 43.3 Å². The number of ether oxygens (including phenoxy) is 1. The summed E-state index contributed by atoms with van der Waals surface area (Å²) >= 11 is 0. The molecule has 130 valence electrons. The summed E-state index contributed by atoms with van der Waals surface area (Å²) in [5.41, 5.74) is -0.214. The van der Waals surface area contributed by atoms with Crippen LogP contribution in [0.2, 0.25) is 0 Å². The van der Waals surface area contributed by atoms with Crippen LogP contribution in [-0.4, -0.2) is 22.0 Å². The fourth-order valence-electron chi connectivity index (χ4n) is 2.57. The summed E-state index contributed by atoms with van der Waals surface area (Å²) in [6.07, 6.45) is -1.87. The number of fused-ring (bicyclic) bond motifs is 3. The topological polar surface area (TPSA) is 63.6 Å². The number of aromatic nitrogens is 2. The molecule has 5 nitrogen and oxygen atoms in total. The minimum Gasteiger partial charge on any atom is -0.463 e. The van der Waals surface area contributed by atoms with Crippen molar-refractivity contribution in [2.24, 2.45) is 0 Å². The van der Waals surface area contributed by atoms with Crippen LogP contribution in [0.5, 0.6) is 0 Å². The van der Waals surface area contributed by atoms with E-state index in [4.69, 9.17) is 4.74 Å². The van der Waals surface area contributed by atoms with Crippen molar-refractivity contribution < 1.29 is 22.7 Å². The van der Waals surface area contributed by atoms with Gasteiger partial charge < -0.3 is 14.1 Å². The molecule has 1 N–H and O–H groups in total. The molecule has 0 atom stereocenters. The molecule has 0 saturated carbocycles. The van der Waals surface area contributed by atoms with Crippen molar-refractivity contribution in [2.75, 3.05) is 6.61 Å². The second-order valence-corrected chi connectivity index (χ2v) is 5.25. The standard InChI is InChI=1S/C17H13F3N2O3/c1-2-25-15(23)8-5-11-4-7-14-16(24)21-12-9-10(17(18,19)20)3-6-13(12)22(11)14/h3-9H,2H2,1H3,(H,21,24)/b8-5+. The molecule has 0 saturated heterocycles. The summed E-state index contributed by atoms with van der Waals surface area (Å²) in [5.74, 6) is -0.550. The number of aromatic amines is 1. The first-order valence-corrected chi connectivity index (χ1v) is 7.41. The van der Waals surface area contributed by atoms with Gasteiger partial charge in [0.05, 0.1) is 23.2 Å². The number of carbonyl (C=O) groups is 1. The number of esters is 1. The predicted octanol–water partition coefficient (Wildman–Crippen LogP) is 3.38. The maximum atomic E-state index is 12.9. The normalized spacial score (nSPS) is 12.3. The van der Waals surface area contributed by atoms with Gasteiger partial charge in [-0.3, -0.25) is 4.79 Å². The molecule has 3 aromatic rings. The Hall–Kier alpha value is -3.03. The average molecular weight is 350 g/mol. The molecule has 0 amide bonds. The maximum Gasteiger partial charge on any atom is 0.416 e. The van der Waals surface area contributed by atoms with Crippen LogP contribution in [0, 0.1) is 0 Å². The first kappa shape index (κ1) is 16.8. The number of H-pyrrole nitrogens is 1. The van der Waals surface area contributed by atoms with Crippen LogP contribution in [0.4, 0.5) is 13.2 Å². The van der Waals surface area contributed by atoms with E-state index in [0.29, 0.717) is 11.2 Å². The molecule has 0 aliphatic carbocycles. The third-order valence-corrected chi connectivity index (χ3v) is 3.63. The predicted molar refractivity (Wildman–Crippen MR) is 86.2 cm³/mol. The van der Waals surface area contributed by atoms with Crippen LogP contribution < -0.4 is 5.56 Å². The minimum atomic E-state index is -4.51. The van der Waals surface area contributed by atoms with Gasteiger partial charge in [-0.15, -0.1) is 0 Å². The highest BCUT2D eigenvalue weighted by atomic mass is 19.4. The van der Waals surface area contributed by atoms with E-state index in [9.17, 15) is 22.8 Å². The van der Waals surface area contributed by atoms with Gasteiger partial charge in [0.15, 0.2) is 0 Å². The van der Waals surface area contributed by atoms with Crippen molar-refractivity contribution in [3.63, 3.8) is 0 Å². The molecular weight excluding hydrogens is 337 g/mol. The summed E-state index contributed by atoms with van der Waals surface area (Å²) in [5, 5.41) is 0. The van der Waals surface area contributed by atoms with Crippen LogP contribution in [0.25, 0.3) is 22.6 Å². The molecule has 2 heterocycles. The number of rotatable bonds is 3. The molecule has 25 heavy (non-hydrogen) atoms. The van der Waals surface area contributed by atoms with Crippen LogP contribution in [0.3, 0.4) is 0 Å².